The van der Waals surface area contributed by atoms with Crippen molar-refractivity contribution >= 4 is 16.8 Å². The number of methoxy groups -OCH3 is 1. The van der Waals surface area contributed by atoms with Crippen molar-refractivity contribution in [1.82, 2.24) is 9.88 Å². The highest BCUT2D eigenvalue weighted by Crippen LogP contribution is 2.36. The summed E-state index contributed by atoms with van der Waals surface area (Å²) in [6.45, 7) is 3.18. The number of phenolic OH excluding ortho intramolecular Hbond substituents is 1. The van der Waals surface area contributed by atoms with Gasteiger partial charge < -0.3 is 19.7 Å². The minimum absolute atomic E-state index is 0.0817. The molecule has 0 aliphatic carbocycles. The van der Waals surface area contributed by atoms with E-state index in [0.717, 1.165) is 28.9 Å². The largest absolute Gasteiger partial charge is 0.508 e. The first kappa shape index (κ1) is 15.6. The predicted molar refractivity (Wildman–Crippen MR) is 96.1 cm³/mol. The molecule has 5 nitrogen and oxygen atoms in total. The number of aromatic hydroxyl groups is 1. The van der Waals surface area contributed by atoms with Crippen LogP contribution >= 0.6 is 0 Å². The van der Waals surface area contributed by atoms with Crippen molar-refractivity contribution in [3.63, 3.8) is 0 Å². The fraction of sp³-hybridized carbons (Fsp3) is 0.250. The van der Waals surface area contributed by atoms with Gasteiger partial charge in [-0.05, 0) is 49.2 Å². The second-order valence-corrected chi connectivity index (χ2v) is 6.42. The Morgan fingerprint density at radius 2 is 2.08 bits per heavy atom. The number of hydrogen-bond donors (Lipinski definition) is 2. The number of aromatic nitrogens is 1. The van der Waals surface area contributed by atoms with Gasteiger partial charge in [0.1, 0.15) is 11.5 Å². The molecule has 25 heavy (non-hydrogen) atoms. The van der Waals surface area contributed by atoms with E-state index in [2.05, 4.69) is 11.9 Å². The van der Waals surface area contributed by atoms with E-state index in [1.54, 1.807) is 25.3 Å². The number of amides is 1. The molecular formula is C20H20N2O3. The van der Waals surface area contributed by atoms with Crippen LogP contribution in [0.5, 0.6) is 11.5 Å². The van der Waals surface area contributed by atoms with Crippen molar-refractivity contribution in [3.05, 3.63) is 58.8 Å². The molecule has 0 radical (unpaired) electrons. The van der Waals surface area contributed by atoms with Gasteiger partial charge in [0.2, 0.25) is 0 Å². The lowest BCUT2D eigenvalue weighted by Gasteiger charge is -2.22. The van der Waals surface area contributed by atoms with E-state index in [9.17, 15) is 9.90 Å². The maximum absolute atomic E-state index is 12.9. The average molecular weight is 336 g/mol. The number of nitrogens with zero attached hydrogens (tertiary/aromatic N) is 1. The van der Waals surface area contributed by atoms with Crippen LogP contribution < -0.4 is 4.74 Å². The van der Waals surface area contributed by atoms with Crippen molar-refractivity contribution < 1.29 is 14.6 Å². The van der Waals surface area contributed by atoms with Gasteiger partial charge in [0.25, 0.3) is 5.91 Å². The van der Waals surface area contributed by atoms with Gasteiger partial charge in [0, 0.05) is 34.3 Å². The smallest absolute Gasteiger partial charge is 0.254 e. The van der Waals surface area contributed by atoms with Gasteiger partial charge in [-0.15, -0.1) is 0 Å². The Balaban J connectivity index is 1.79. The molecule has 5 heteroatoms. The van der Waals surface area contributed by atoms with Gasteiger partial charge in [-0.1, -0.05) is 6.07 Å². The molecule has 1 aliphatic rings. The minimum Gasteiger partial charge on any atom is -0.508 e. The van der Waals surface area contributed by atoms with E-state index in [1.165, 1.54) is 17.0 Å². The number of carbonyl (C=O) groups is 1. The van der Waals surface area contributed by atoms with Crippen LogP contribution in [-0.2, 0) is 13.0 Å². The molecular weight excluding hydrogens is 316 g/mol. The predicted octanol–water partition coefficient (Wildman–Crippen LogP) is 3.39. The molecule has 128 valence electrons. The minimum atomic E-state index is -0.0817. The number of rotatable bonds is 2. The number of hydrogen-bond acceptors (Lipinski definition) is 3. The van der Waals surface area contributed by atoms with Crippen LogP contribution in [0.15, 0.2) is 36.4 Å². The number of benzene rings is 2. The molecule has 2 N–H and O–H groups in total. The summed E-state index contributed by atoms with van der Waals surface area (Å²) >= 11 is 0. The van der Waals surface area contributed by atoms with Crippen LogP contribution in [0.3, 0.4) is 0 Å². The molecule has 0 spiro atoms. The molecule has 0 unspecified atom stereocenters. The Kier molecular flexibility index (Phi) is 3.64. The van der Waals surface area contributed by atoms with Crippen molar-refractivity contribution in [3.8, 4) is 11.5 Å². The van der Waals surface area contributed by atoms with Gasteiger partial charge in [-0.2, -0.15) is 0 Å². The quantitative estimate of drug-likeness (QED) is 0.754. The fourth-order valence-corrected chi connectivity index (χ4v) is 3.71. The van der Waals surface area contributed by atoms with Gasteiger partial charge >= 0.3 is 0 Å². The molecule has 1 amide bonds. The average Bonchev–Trinajstić information content (AvgIpc) is 2.80. The first-order valence-electron chi connectivity index (χ1n) is 8.34. The van der Waals surface area contributed by atoms with Gasteiger partial charge in [0.15, 0.2) is 0 Å². The summed E-state index contributed by atoms with van der Waals surface area (Å²) in [7, 11) is 1.66. The lowest BCUT2D eigenvalue weighted by Crippen LogP contribution is -2.31. The standard InChI is InChI=1S/C20H20N2O3/c1-12-15-8-9-22(20(24)13-4-3-5-14(23)10-13)11-16-18(25-2)7-6-17(21-12)19(15)16/h3-7,10,21,23H,8-9,11H2,1-2H3. The van der Waals surface area contributed by atoms with E-state index >= 15 is 0 Å². The Bertz CT molecular complexity index is 974. The number of phenols is 1. The molecule has 0 saturated carbocycles. The number of aromatic amines is 1. The van der Waals surface area contributed by atoms with Crippen LogP contribution in [0.25, 0.3) is 10.9 Å². The number of H-pyrrole nitrogens is 1. The lowest BCUT2D eigenvalue weighted by atomic mass is 10.0. The summed E-state index contributed by atoms with van der Waals surface area (Å²) in [5.74, 6) is 0.813. The summed E-state index contributed by atoms with van der Waals surface area (Å²) in [5, 5.41) is 10.8. The number of aryl methyl sites for hydroxylation is 1. The van der Waals surface area contributed by atoms with Crippen LogP contribution in [0.1, 0.15) is 27.2 Å². The van der Waals surface area contributed by atoms with Crippen molar-refractivity contribution in [2.75, 3.05) is 13.7 Å². The zero-order chi connectivity index (χ0) is 17.6. The van der Waals surface area contributed by atoms with Gasteiger partial charge in [-0.25, -0.2) is 0 Å². The molecule has 2 aromatic carbocycles. The second-order valence-electron chi connectivity index (χ2n) is 6.42. The highest BCUT2D eigenvalue weighted by atomic mass is 16.5. The first-order chi connectivity index (χ1) is 12.1. The Morgan fingerprint density at radius 1 is 1.24 bits per heavy atom. The summed E-state index contributed by atoms with van der Waals surface area (Å²) in [5.41, 5.74) is 4.99. The number of nitrogens with one attached hydrogen (secondary N) is 1. The van der Waals surface area contributed by atoms with E-state index in [4.69, 9.17) is 4.74 Å². The number of carbonyl (C=O) groups excluding carboxylic acids is 1. The van der Waals surface area contributed by atoms with Gasteiger partial charge in [0.05, 0.1) is 13.7 Å². The highest BCUT2D eigenvalue weighted by Gasteiger charge is 2.25. The van der Waals surface area contributed by atoms with E-state index in [-0.39, 0.29) is 11.7 Å². The molecule has 1 aliphatic heterocycles. The van der Waals surface area contributed by atoms with E-state index in [0.29, 0.717) is 18.7 Å². The summed E-state index contributed by atoms with van der Waals surface area (Å²) < 4.78 is 5.56. The Labute approximate surface area is 145 Å². The van der Waals surface area contributed by atoms with Crippen LogP contribution in [0, 0.1) is 6.92 Å². The van der Waals surface area contributed by atoms with Gasteiger partial charge in [-0.3, -0.25) is 4.79 Å². The van der Waals surface area contributed by atoms with Crippen LogP contribution in [0.4, 0.5) is 0 Å². The third-order valence-corrected chi connectivity index (χ3v) is 4.93. The number of ether oxygens (including phenoxy) is 1. The highest BCUT2D eigenvalue weighted by molar-refractivity contribution is 5.96. The molecule has 0 saturated heterocycles. The topological polar surface area (TPSA) is 65.6 Å². The summed E-state index contributed by atoms with van der Waals surface area (Å²) in [6.07, 6.45) is 0.788. The zero-order valence-electron chi connectivity index (χ0n) is 14.3. The van der Waals surface area contributed by atoms with E-state index < -0.39 is 0 Å². The summed E-state index contributed by atoms with van der Waals surface area (Å²) in [4.78, 5) is 18.2. The van der Waals surface area contributed by atoms with Crippen LogP contribution in [-0.4, -0.2) is 34.6 Å². The van der Waals surface area contributed by atoms with Crippen LogP contribution in [0.2, 0.25) is 0 Å². The molecule has 3 aromatic rings. The molecule has 4 rings (SSSR count). The van der Waals surface area contributed by atoms with E-state index in [1.807, 2.05) is 17.0 Å². The molecule has 2 heterocycles. The van der Waals surface area contributed by atoms with Crippen molar-refractivity contribution in [2.24, 2.45) is 0 Å². The third kappa shape index (κ3) is 2.52. The Hall–Kier alpha value is -2.95. The maximum Gasteiger partial charge on any atom is 0.254 e. The lowest BCUT2D eigenvalue weighted by molar-refractivity contribution is 0.0746. The first-order valence-corrected chi connectivity index (χ1v) is 8.34. The van der Waals surface area contributed by atoms with Crippen molar-refractivity contribution in [1.29, 1.82) is 0 Å². The molecule has 0 atom stereocenters. The third-order valence-electron chi connectivity index (χ3n) is 4.93. The summed E-state index contributed by atoms with van der Waals surface area (Å²) in [6, 6.07) is 10.5. The zero-order valence-corrected chi connectivity index (χ0v) is 14.3. The molecule has 1 aromatic heterocycles. The maximum atomic E-state index is 12.9. The molecule has 0 fully saturated rings. The van der Waals surface area contributed by atoms with Crippen molar-refractivity contribution in [2.45, 2.75) is 19.9 Å². The fourth-order valence-electron chi connectivity index (χ4n) is 3.71. The normalized spacial score (nSPS) is 13.8. The second kappa shape index (κ2) is 5.84. The SMILES string of the molecule is COc1ccc2[nH]c(C)c3c2c1CN(C(=O)c1cccc(O)c1)CC3. The Morgan fingerprint density at radius 3 is 2.84 bits per heavy atom. The molecule has 0 bridgehead atoms. The monoisotopic (exact) mass is 336 g/mol.